The third-order valence-corrected chi connectivity index (χ3v) is 4.96. The monoisotopic (exact) mass is 339 g/mol. The first-order chi connectivity index (χ1) is 11.8. The number of carbonyl (C=O) groups is 1. The molecular weight excluding hydrogens is 322 g/mol. The Bertz CT molecular complexity index is 866. The molecule has 2 aromatic heterocycles. The van der Waals surface area contributed by atoms with Crippen LogP contribution in [0.25, 0.3) is 0 Å². The van der Waals surface area contributed by atoms with Crippen LogP contribution < -0.4 is 0 Å². The fraction of sp³-hybridized carbons (Fsp3) is 0.278. The number of thioether (sulfide) groups is 1. The van der Waals surface area contributed by atoms with Gasteiger partial charge in [0, 0.05) is 28.8 Å². The van der Waals surface area contributed by atoms with E-state index in [1.54, 1.807) is 24.2 Å². The van der Waals surface area contributed by atoms with Crippen molar-refractivity contribution < 1.29 is 9.32 Å². The van der Waals surface area contributed by atoms with E-state index in [2.05, 4.69) is 16.3 Å². The third-order valence-electron chi connectivity index (χ3n) is 4.24. The summed E-state index contributed by atoms with van der Waals surface area (Å²) in [5.74, 6) is 1.07. The zero-order valence-electron chi connectivity index (χ0n) is 13.3. The standard InChI is InChI=1S/C18H17N3O2S/c1-24-14-5-6-15(13(9-14)11-21-8-2-7-19-21)17(22)16-10-20-23-18(16)12-3-4-12/h2,5-10,12H,3-4,11H2,1H3. The highest BCUT2D eigenvalue weighted by molar-refractivity contribution is 7.98. The SMILES string of the molecule is CSc1ccc(C(=O)c2cnoc2C2CC2)c(Cn2cccn2)c1. The average Bonchev–Trinajstić information content (AvgIpc) is 3.10. The van der Waals surface area contributed by atoms with Crippen molar-refractivity contribution in [1.82, 2.24) is 14.9 Å². The molecule has 0 amide bonds. The summed E-state index contributed by atoms with van der Waals surface area (Å²) in [6.45, 7) is 0.562. The van der Waals surface area contributed by atoms with Crippen LogP contribution in [-0.4, -0.2) is 27.0 Å². The van der Waals surface area contributed by atoms with Gasteiger partial charge in [-0.05, 0) is 48.9 Å². The highest BCUT2D eigenvalue weighted by Gasteiger charge is 2.33. The molecule has 4 rings (SSSR count). The van der Waals surface area contributed by atoms with E-state index < -0.39 is 0 Å². The van der Waals surface area contributed by atoms with Crippen molar-refractivity contribution in [2.45, 2.75) is 30.2 Å². The van der Waals surface area contributed by atoms with Crippen molar-refractivity contribution in [2.75, 3.05) is 6.26 Å². The van der Waals surface area contributed by atoms with Crippen molar-refractivity contribution in [2.24, 2.45) is 0 Å². The number of hydrogen-bond acceptors (Lipinski definition) is 5. The quantitative estimate of drug-likeness (QED) is 0.505. The van der Waals surface area contributed by atoms with E-state index in [9.17, 15) is 4.79 Å². The van der Waals surface area contributed by atoms with Gasteiger partial charge in [0.15, 0.2) is 11.5 Å². The van der Waals surface area contributed by atoms with Crippen molar-refractivity contribution in [3.63, 3.8) is 0 Å². The fourth-order valence-electron chi connectivity index (χ4n) is 2.82. The van der Waals surface area contributed by atoms with Crippen LogP contribution in [0.3, 0.4) is 0 Å². The second-order valence-corrected chi connectivity index (χ2v) is 6.81. The predicted octanol–water partition coefficient (Wildman–Crippen LogP) is 3.75. The number of hydrogen-bond donors (Lipinski definition) is 0. The lowest BCUT2D eigenvalue weighted by Gasteiger charge is -2.11. The minimum atomic E-state index is -0.0204. The largest absolute Gasteiger partial charge is 0.360 e. The number of benzene rings is 1. The number of carbonyl (C=O) groups excluding carboxylic acids is 1. The molecule has 1 saturated carbocycles. The van der Waals surface area contributed by atoms with Gasteiger partial charge in [-0.3, -0.25) is 9.48 Å². The van der Waals surface area contributed by atoms with Crippen LogP contribution >= 0.6 is 11.8 Å². The van der Waals surface area contributed by atoms with Crippen molar-refractivity contribution in [1.29, 1.82) is 0 Å². The highest BCUT2D eigenvalue weighted by Crippen LogP contribution is 2.42. The Morgan fingerprint density at radius 1 is 1.38 bits per heavy atom. The molecular formula is C18H17N3O2S. The molecule has 2 heterocycles. The summed E-state index contributed by atoms with van der Waals surface area (Å²) in [6, 6.07) is 7.82. The average molecular weight is 339 g/mol. The maximum atomic E-state index is 13.1. The van der Waals surface area contributed by atoms with E-state index in [0.717, 1.165) is 29.1 Å². The molecule has 24 heavy (non-hydrogen) atoms. The summed E-state index contributed by atoms with van der Waals surface area (Å²) in [6.07, 6.45) is 9.36. The Labute approximate surface area is 144 Å². The van der Waals surface area contributed by atoms with Crippen LogP contribution in [0.1, 0.15) is 46.0 Å². The minimum absolute atomic E-state index is 0.0204. The highest BCUT2D eigenvalue weighted by atomic mass is 32.2. The molecule has 5 nitrogen and oxygen atoms in total. The van der Waals surface area contributed by atoms with Gasteiger partial charge in [-0.25, -0.2) is 0 Å². The topological polar surface area (TPSA) is 60.9 Å². The zero-order valence-corrected chi connectivity index (χ0v) is 14.1. The molecule has 0 aliphatic heterocycles. The van der Waals surface area contributed by atoms with Crippen LogP contribution in [0.5, 0.6) is 0 Å². The Morgan fingerprint density at radius 3 is 2.96 bits per heavy atom. The normalized spacial score (nSPS) is 14.0. The molecule has 3 aromatic rings. The van der Waals surface area contributed by atoms with Crippen LogP contribution in [0, 0.1) is 0 Å². The molecule has 1 aliphatic rings. The molecule has 0 radical (unpaired) electrons. The van der Waals surface area contributed by atoms with Gasteiger partial charge in [-0.2, -0.15) is 5.10 Å². The predicted molar refractivity (Wildman–Crippen MR) is 91.5 cm³/mol. The Balaban J connectivity index is 1.73. The molecule has 0 unspecified atom stereocenters. The lowest BCUT2D eigenvalue weighted by atomic mass is 9.98. The van der Waals surface area contributed by atoms with Crippen LogP contribution in [0.2, 0.25) is 0 Å². The van der Waals surface area contributed by atoms with Crippen LogP contribution in [0.15, 0.2) is 52.3 Å². The Morgan fingerprint density at radius 2 is 2.25 bits per heavy atom. The molecule has 0 bridgehead atoms. The summed E-state index contributed by atoms with van der Waals surface area (Å²) in [4.78, 5) is 14.2. The van der Waals surface area contributed by atoms with E-state index in [1.807, 2.05) is 35.3 Å². The minimum Gasteiger partial charge on any atom is -0.360 e. The molecule has 0 N–H and O–H groups in total. The van der Waals surface area contributed by atoms with E-state index in [-0.39, 0.29) is 5.78 Å². The first kappa shape index (κ1) is 15.2. The summed E-state index contributed by atoms with van der Waals surface area (Å²) < 4.78 is 7.15. The van der Waals surface area contributed by atoms with E-state index in [0.29, 0.717) is 23.6 Å². The summed E-state index contributed by atoms with van der Waals surface area (Å²) >= 11 is 1.66. The number of nitrogens with zero attached hydrogens (tertiary/aromatic N) is 3. The molecule has 1 fully saturated rings. The van der Waals surface area contributed by atoms with Gasteiger partial charge in [0.2, 0.25) is 0 Å². The van der Waals surface area contributed by atoms with Crippen LogP contribution in [-0.2, 0) is 6.54 Å². The van der Waals surface area contributed by atoms with E-state index in [4.69, 9.17) is 4.52 Å². The second-order valence-electron chi connectivity index (χ2n) is 5.93. The molecule has 1 aliphatic carbocycles. The number of aromatic nitrogens is 3. The van der Waals surface area contributed by atoms with Gasteiger partial charge < -0.3 is 4.52 Å². The van der Waals surface area contributed by atoms with Crippen molar-refractivity contribution in [3.05, 3.63) is 65.3 Å². The lowest BCUT2D eigenvalue weighted by molar-refractivity contribution is 0.103. The van der Waals surface area contributed by atoms with Gasteiger partial charge in [0.25, 0.3) is 0 Å². The van der Waals surface area contributed by atoms with Gasteiger partial charge >= 0.3 is 0 Å². The smallest absolute Gasteiger partial charge is 0.198 e. The van der Waals surface area contributed by atoms with Gasteiger partial charge in [0.1, 0.15) is 0 Å². The van der Waals surface area contributed by atoms with Crippen LogP contribution in [0.4, 0.5) is 0 Å². The first-order valence-electron chi connectivity index (χ1n) is 7.90. The molecule has 1 aromatic carbocycles. The Hall–Kier alpha value is -2.34. The van der Waals surface area contributed by atoms with Gasteiger partial charge in [-0.15, -0.1) is 11.8 Å². The molecule has 0 atom stereocenters. The second kappa shape index (κ2) is 6.28. The molecule has 0 spiro atoms. The maximum Gasteiger partial charge on any atom is 0.198 e. The summed E-state index contributed by atoms with van der Waals surface area (Å²) in [5.41, 5.74) is 2.24. The van der Waals surface area contributed by atoms with Crippen molar-refractivity contribution in [3.8, 4) is 0 Å². The lowest BCUT2D eigenvalue weighted by Crippen LogP contribution is -2.10. The zero-order chi connectivity index (χ0) is 16.5. The number of rotatable bonds is 6. The van der Waals surface area contributed by atoms with Crippen molar-refractivity contribution >= 4 is 17.5 Å². The van der Waals surface area contributed by atoms with Gasteiger partial charge in [0.05, 0.1) is 18.3 Å². The molecule has 122 valence electrons. The van der Waals surface area contributed by atoms with Gasteiger partial charge in [-0.1, -0.05) is 5.16 Å². The fourth-order valence-corrected chi connectivity index (χ4v) is 3.29. The number of ketones is 1. The molecule has 6 heteroatoms. The van der Waals surface area contributed by atoms with E-state index >= 15 is 0 Å². The van der Waals surface area contributed by atoms with E-state index in [1.165, 1.54) is 0 Å². The third kappa shape index (κ3) is 2.89. The maximum absolute atomic E-state index is 13.1. The molecule has 0 saturated heterocycles. The first-order valence-corrected chi connectivity index (χ1v) is 9.12. The summed E-state index contributed by atoms with van der Waals surface area (Å²) in [7, 11) is 0. The Kier molecular flexibility index (Phi) is 3.98. The summed E-state index contributed by atoms with van der Waals surface area (Å²) in [5, 5.41) is 8.11.